The van der Waals surface area contributed by atoms with E-state index in [0.29, 0.717) is 30.7 Å². The number of carboxylic acid groups (broad SMARTS) is 1. The number of nitrogens with one attached hydrogen (secondary N) is 2. The maximum Gasteiger partial charge on any atom is 0.326 e. The molecule has 0 radical (unpaired) electrons. The summed E-state index contributed by atoms with van der Waals surface area (Å²) >= 11 is 0. The molecule has 5 nitrogen and oxygen atoms in total. The molecule has 5 heteroatoms. The van der Waals surface area contributed by atoms with Crippen LogP contribution in [0.5, 0.6) is 0 Å². The molecule has 0 unspecified atom stereocenters. The molecule has 0 bridgehead atoms. The van der Waals surface area contributed by atoms with Gasteiger partial charge in [-0.05, 0) is 24.2 Å². The minimum Gasteiger partial charge on any atom is -0.480 e. The first kappa shape index (κ1) is 17.7. The van der Waals surface area contributed by atoms with Gasteiger partial charge in [0.15, 0.2) is 0 Å². The first-order valence-electron chi connectivity index (χ1n) is 7.06. The van der Waals surface area contributed by atoms with Crippen LogP contribution in [0.15, 0.2) is 0 Å². The largest absolute Gasteiger partial charge is 0.480 e. The van der Waals surface area contributed by atoms with E-state index in [1.165, 1.54) is 0 Å². The predicted octanol–water partition coefficient (Wildman–Crippen LogP) is 2.47. The number of carboxylic acids is 1. The Bertz CT molecular complexity index is 282. The Kier molecular flexibility index (Phi) is 8.19. The van der Waals surface area contributed by atoms with Gasteiger partial charge in [0.1, 0.15) is 6.04 Å². The Morgan fingerprint density at radius 1 is 1.11 bits per heavy atom. The fraction of sp³-hybridized carbons (Fsp3) is 0.857. The van der Waals surface area contributed by atoms with E-state index in [0.717, 1.165) is 6.42 Å². The molecular formula is C14H28N2O3. The van der Waals surface area contributed by atoms with Crippen molar-refractivity contribution in [1.82, 2.24) is 10.6 Å². The summed E-state index contributed by atoms with van der Waals surface area (Å²) in [5.74, 6) is 0.360. The zero-order chi connectivity index (χ0) is 15.0. The Balaban J connectivity index is 4.26. The lowest BCUT2D eigenvalue weighted by Crippen LogP contribution is -2.47. The van der Waals surface area contributed by atoms with Crippen LogP contribution in [0.3, 0.4) is 0 Å². The Hall–Kier alpha value is -1.26. The van der Waals surface area contributed by atoms with Crippen LogP contribution in [0.2, 0.25) is 0 Å². The smallest absolute Gasteiger partial charge is 0.326 e. The molecule has 0 aromatic heterocycles. The summed E-state index contributed by atoms with van der Waals surface area (Å²) in [6.07, 6.45) is 1.17. The second kappa shape index (κ2) is 8.77. The van der Waals surface area contributed by atoms with Crippen LogP contribution < -0.4 is 10.6 Å². The van der Waals surface area contributed by atoms with E-state index < -0.39 is 18.0 Å². The summed E-state index contributed by atoms with van der Waals surface area (Å²) in [4.78, 5) is 22.6. The molecule has 0 aliphatic heterocycles. The summed E-state index contributed by atoms with van der Waals surface area (Å²) in [5, 5.41) is 14.2. The first-order chi connectivity index (χ1) is 8.79. The van der Waals surface area contributed by atoms with Crippen molar-refractivity contribution in [2.24, 2.45) is 17.8 Å². The Morgan fingerprint density at radius 3 is 2.00 bits per heavy atom. The SMILES string of the molecule is CCC[C@@H](NC(=O)NCC(C(C)C)C(C)C)C(=O)O. The molecule has 3 N–H and O–H groups in total. The molecule has 0 heterocycles. The minimum absolute atomic E-state index is 0.389. The number of aliphatic carboxylic acids is 1. The quantitative estimate of drug-likeness (QED) is 0.635. The zero-order valence-corrected chi connectivity index (χ0v) is 12.7. The Labute approximate surface area is 116 Å². The zero-order valence-electron chi connectivity index (χ0n) is 12.7. The lowest BCUT2D eigenvalue weighted by Gasteiger charge is -2.25. The van der Waals surface area contributed by atoms with E-state index in [1.807, 2.05) is 6.92 Å². The maximum atomic E-state index is 11.7. The molecule has 0 saturated carbocycles. The number of rotatable bonds is 8. The highest BCUT2D eigenvalue weighted by atomic mass is 16.4. The van der Waals surface area contributed by atoms with Crippen molar-refractivity contribution in [3.8, 4) is 0 Å². The summed E-state index contributed by atoms with van der Waals surface area (Å²) in [6.45, 7) is 11.0. The van der Waals surface area contributed by atoms with Gasteiger partial charge in [-0.1, -0.05) is 41.0 Å². The highest BCUT2D eigenvalue weighted by Crippen LogP contribution is 2.19. The molecular weight excluding hydrogens is 244 g/mol. The third kappa shape index (κ3) is 7.03. The van der Waals surface area contributed by atoms with Gasteiger partial charge in [-0.3, -0.25) is 0 Å². The monoisotopic (exact) mass is 272 g/mol. The first-order valence-corrected chi connectivity index (χ1v) is 7.06. The van der Waals surface area contributed by atoms with Gasteiger partial charge in [0, 0.05) is 6.54 Å². The summed E-state index contributed by atoms with van der Waals surface area (Å²) in [7, 11) is 0. The lowest BCUT2D eigenvalue weighted by atomic mass is 9.85. The van der Waals surface area contributed by atoms with Crippen LogP contribution >= 0.6 is 0 Å². The van der Waals surface area contributed by atoms with E-state index in [4.69, 9.17) is 5.11 Å². The Morgan fingerprint density at radius 2 is 1.63 bits per heavy atom. The summed E-state index contributed by atoms with van der Waals surface area (Å²) in [6, 6.07) is -1.20. The topological polar surface area (TPSA) is 78.4 Å². The summed E-state index contributed by atoms with van der Waals surface area (Å²) in [5.41, 5.74) is 0. The van der Waals surface area contributed by atoms with Gasteiger partial charge in [-0.15, -0.1) is 0 Å². The van der Waals surface area contributed by atoms with Crippen LogP contribution in [0.1, 0.15) is 47.5 Å². The van der Waals surface area contributed by atoms with Crippen LogP contribution in [0.4, 0.5) is 4.79 Å². The summed E-state index contributed by atoms with van der Waals surface area (Å²) < 4.78 is 0. The van der Waals surface area contributed by atoms with Gasteiger partial charge >= 0.3 is 12.0 Å². The number of carbonyl (C=O) groups excluding carboxylic acids is 1. The van der Waals surface area contributed by atoms with Gasteiger partial charge < -0.3 is 15.7 Å². The fourth-order valence-corrected chi connectivity index (χ4v) is 2.21. The van der Waals surface area contributed by atoms with E-state index in [2.05, 4.69) is 38.3 Å². The minimum atomic E-state index is -0.985. The average Bonchev–Trinajstić information content (AvgIpc) is 2.27. The third-order valence-electron chi connectivity index (χ3n) is 3.39. The predicted molar refractivity (Wildman–Crippen MR) is 76.0 cm³/mol. The molecule has 2 amide bonds. The van der Waals surface area contributed by atoms with Crippen molar-refractivity contribution in [2.45, 2.75) is 53.5 Å². The fourth-order valence-electron chi connectivity index (χ4n) is 2.21. The number of carbonyl (C=O) groups is 2. The van der Waals surface area contributed by atoms with Crippen LogP contribution in [-0.2, 0) is 4.79 Å². The highest BCUT2D eigenvalue weighted by molar-refractivity contribution is 5.82. The van der Waals surface area contributed by atoms with E-state index in [9.17, 15) is 9.59 Å². The molecule has 0 saturated heterocycles. The number of urea groups is 1. The highest BCUT2D eigenvalue weighted by Gasteiger charge is 2.21. The second-order valence-electron chi connectivity index (χ2n) is 5.69. The van der Waals surface area contributed by atoms with Crippen molar-refractivity contribution in [2.75, 3.05) is 6.54 Å². The number of hydrogen-bond donors (Lipinski definition) is 3. The number of hydrogen-bond acceptors (Lipinski definition) is 2. The van der Waals surface area contributed by atoms with Crippen molar-refractivity contribution in [1.29, 1.82) is 0 Å². The molecule has 0 aliphatic carbocycles. The second-order valence-corrected chi connectivity index (χ2v) is 5.69. The van der Waals surface area contributed by atoms with Gasteiger partial charge in [0.25, 0.3) is 0 Å². The maximum absolute atomic E-state index is 11.7. The van der Waals surface area contributed by atoms with Crippen LogP contribution in [-0.4, -0.2) is 29.7 Å². The number of amides is 2. The van der Waals surface area contributed by atoms with Gasteiger partial charge in [-0.2, -0.15) is 0 Å². The van der Waals surface area contributed by atoms with Crippen molar-refractivity contribution in [3.63, 3.8) is 0 Å². The molecule has 0 fully saturated rings. The standard InChI is InChI=1S/C14H28N2O3/c1-6-7-12(13(17)18)16-14(19)15-8-11(9(2)3)10(4)5/h9-12H,6-8H2,1-5H3,(H,17,18)(H2,15,16,19)/t12-/m1/s1. The third-order valence-corrected chi connectivity index (χ3v) is 3.39. The average molecular weight is 272 g/mol. The van der Waals surface area contributed by atoms with Crippen molar-refractivity contribution >= 4 is 12.0 Å². The molecule has 0 spiro atoms. The normalized spacial score (nSPS) is 12.8. The van der Waals surface area contributed by atoms with Crippen LogP contribution in [0.25, 0.3) is 0 Å². The molecule has 0 aliphatic rings. The van der Waals surface area contributed by atoms with E-state index in [-0.39, 0.29) is 0 Å². The van der Waals surface area contributed by atoms with E-state index >= 15 is 0 Å². The molecule has 19 heavy (non-hydrogen) atoms. The molecule has 0 aromatic carbocycles. The molecule has 112 valence electrons. The van der Waals surface area contributed by atoms with E-state index in [1.54, 1.807) is 0 Å². The van der Waals surface area contributed by atoms with Gasteiger partial charge in [0.2, 0.25) is 0 Å². The van der Waals surface area contributed by atoms with Crippen LogP contribution in [0, 0.1) is 17.8 Å². The molecule has 1 atom stereocenters. The van der Waals surface area contributed by atoms with Crippen molar-refractivity contribution < 1.29 is 14.7 Å². The molecule has 0 aromatic rings. The molecule has 0 rings (SSSR count). The van der Waals surface area contributed by atoms with Crippen molar-refractivity contribution in [3.05, 3.63) is 0 Å². The lowest BCUT2D eigenvalue weighted by molar-refractivity contribution is -0.139. The van der Waals surface area contributed by atoms with Gasteiger partial charge in [0.05, 0.1) is 0 Å². The van der Waals surface area contributed by atoms with Gasteiger partial charge in [-0.25, -0.2) is 9.59 Å².